The molecule has 38 heavy (non-hydrogen) atoms. The van der Waals surface area contributed by atoms with Gasteiger partial charge in [-0.25, -0.2) is 0 Å². The summed E-state index contributed by atoms with van der Waals surface area (Å²) in [6.07, 6.45) is 0.576. The SMILES string of the molecule is Cl.NCCOCCOCCOCCOCCOCCNc1cccc2c1CN(C1CCC(=O)NC1=O)C2=O. The number of hydrogen-bond acceptors (Lipinski definition) is 10. The number of nitrogens with one attached hydrogen (secondary N) is 2. The van der Waals surface area contributed by atoms with Gasteiger partial charge < -0.3 is 39.6 Å². The molecule has 1 aromatic carbocycles. The van der Waals surface area contributed by atoms with Gasteiger partial charge in [-0.05, 0) is 18.6 Å². The summed E-state index contributed by atoms with van der Waals surface area (Å²) in [4.78, 5) is 38.1. The van der Waals surface area contributed by atoms with Gasteiger partial charge in [0.15, 0.2) is 0 Å². The predicted molar refractivity (Wildman–Crippen MR) is 141 cm³/mol. The molecule has 13 heteroatoms. The van der Waals surface area contributed by atoms with Crippen LogP contribution in [0.15, 0.2) is 18.2 Å². The first-order chi connectivity index (χ1) is 18.1. The van der Waals surface area contributed by atoms with Crippen molar-refractivity contribution in [2.45, 2.75) is 25.4 Å². The Labute approximate surface area is 229 Å². The second kappa shape index (κ2) is 18.1. The van der Waals surface area contributed by atoms with Gasteiger partial charge in [-0.2, -0.15) is 0 Å². The molecule has 1 saturated heterocycles. The first-order valence-electron chi connectivity index (χ1n) is 12.7. The molecule has 2 aliphatic heterocycles. The Morgan fingerprint density at radius 3 is 2.03 bits per heavy atom. The standard InChI is InChI=1S/C25H38N4O8.ClH/c26-6-8-33-10-12-35-14-16-37-17-15-36-13-11-34-9-7-27-21-3-1-2-19-20(21)18-29(25(19)32)22-4-5-23(30)28-24(22)31;/h1-3,22,27H,4-18,26H2,(H,28,30,31);1H. The first-order valence-corrected chi connectivity index (χ1v) is 12.7. The van der Waals surface area contributed by atoms with Crippen LogP contribution in [0.25, 0.3) is 0 Å². The molecule has 3 amide bonds. The zero-order valence-corrected chi connectivity index (χ0v) is 22.4. The van der Waals surface area contributed by atoms with E-state index in [-0.39, 0.29) is 30.6 Å². The van der Waals surface area contributed by atoms with Crippen LogP contribution >= 0.6 is 12.4 Å². The number of nitrogens with zero attached hydrogens (tertiary/aromatic N) is 1. The fourth-order valence-electron chi connectivity index (χ4n) is 4.07. The summed E-state index contributed by atoms with van der Waals surface area (Å²) in [6.45, 7) is 6.38. The lowest BCUT2D eigenvalue weighted by Gasteiger charge is -2.29. The molecule has 1 unspecified atom stereocenters. The Hall–Kier alpha value is -2.32. The summed E-state index contributed by atoms with van der Waals surface area (Å²) in [7, 11) is 0. The zero-order chi connectivity index (χ0) is 26.3. The Morgan fingerprint density at radius 1 is 0.868 bits per heavy atom. The Balaban J connectivity index is 0.00000507. The average Bonchev–Trinajstić information content (AvgIpc) is 3.22. The van der Waals surface area contributed by atoms with Crippen LogP contribution in [0.4, 0.5) is 5.69 Å². The van der Waals surface area contributed by atoms with Gasteiger partial charge in [-0.1, -0.05) is 6.07 Å². The van der Waals surface area contributed by atoms with E-state index >= 15 is 0 Å². The summed E-state index contributed by atoms with van der Waals surface area (Å²) < 4.78 is 27.1. The average molecular weight is 559 g/mol. The Morgan fingerprint density at radius 2 is 1.45 bits per heavy atom. The Bertz CT molecular complexity index is 891. The lowest BCUT2D eigenvalue weighted by molar-refractivity contribution is -0.136. The van der Waals surface area contributed by atoms with Gasteiger partial charge >= 0.3 is 0 Å². The van der Waals surface area contributed by atoms with Crippen LogP contribution in [-0.4, -0.2) is 108 Å². The number of piperidine rings is 1. The highest BCUT2D eigenvalue weighted by molar-refractivity contribution is 6.06. The van der Waals surface area contributed by atoms with E-state index < -0.39 is 11.9 Å². The maximum absolute atomic E-state index is 12.9. The van der Waals surface area contributed by atoms with E-state index in [9.17, 15) is 14.4 Å². The number of amides is 3. The highest BCUT2D eigenvalue weighted by atomic mass is 35.5. The predicted octanol–water partition coefficient (Wildman–Crippen LogP) is 0.323. The molecule has 0 spiro atoms. The number of carbonyl (C=O) groups excluding carboxylic acids is 3. The van der Waals surface area contributed by atoms with Crippen molar-refractivity contribution in [1.29, 1.82) is 0 Å². The topological polar surface area (TPSA) is 151 Å². The molecule has 4 N–H and O–H groups in total. The van der Waals surface area contributed by atoms with Crippen LogP contribution in [-0.2, 0) is 39.8 Å². The summed E-state index contributed by atoms with van der Waals surface area (Å²) >= 11 is 0. The monoisotopic (exact) mass is 558 g/mol. The van der Waals surface area contributed by atoms with Crippen molar-refractivity contribution in [2.24, 2.45) is 5.73 Å². The minimum absolute atomic E-state index is 0. The van der Waals surface area contributed by atoms with E-state index in [0.717, 1.165) is 11.3 Å². The normalized spacial score (nSPS) is 16.8. The largest absolute Gasteiger partial charge is 0.382 e. The minimum atomic E-state index is -0.626. The molecule has 1 fully saturated rings. The molecule has 1 aromatic rings. The maximum atomic E-state index is 12.9. The fourth-order valence-corrected chi connectivity index (χ4v) is 4.07. The van der Waals surface area contributed by atoms with E-state index in [2.05, 4.69) is 10.6 Å². The van der Waals surface area contributed by atoms with Gasteiger partial charge in [-0.15, -0.1) is 12.4 Å². The molecule has 2 aliphatic rings. The van der Waals surface area contributed by atoms with Crippen LogP contribution in [0.2, 0.25) is 0 Å². The lowest BCUT2D eigenvalue weighted by atomic mass is 10.0. The number of imide groups is 1. The van der Waals surface area contributed by atoms with Crippen LogP contribution in [0.5, 0.6) is 0 Å². The van der Waals surface area contributed by atoms with Crippen molar-refractivity contribution in [2.75, 3.05) is 84.5 Å². The second-order valence-electron chi connectivity index (χ2n) is 8.51. The fraction of sp³-hybridized carbons (Fsp3) is 0.640. The molecule has 214 valence electrons. The Kier molecular flexibility index (Phi) is 15.2. The number of hydrogen-bond donors (Lipinski definition) is 3. The van der Waals surface area contributed by atoms with Crippen LogP contribution in [0, 0.1) is 0 Å². The molecule has 0 bridgehead atoms. The number of benzene rings is 1. The number of rotatable bonds is 19. The van der Waals surface area contributed by atoms with Gasteiger partial charge in [0.1, 0.15) is 6.04 Å². The van der Waals surface area contributed by atoms with Gasteiger partial charge in [0, 0.05) is 42.9 Å². The second-order valence-corrected chi connectivity index (χ2v) is 8.51. The van der Waals surface area contributed by atoms with Gasteiger partial charge in [0.05, 0.1) is 66.1 Å². The first kappa shape index (κ1) is 31.9. The van der Waals surface area contributed by atoms with Crippen LogP contribution in [0.3, 0.4) is 0 Å². The summed E-state index contributed by atoms with van der Waals surface area (Å²) in [6, 6.07) is 4.86. The zero-order valence-electron chi connectivity index (χ0n) is 21.6. The molecule has 0 aromatic heterocycles. The van der Waals surface area contributed by atoms with E-state index in [1.54, 1.807) is 11.0 Å². The smallest absolute Gasteiger partial charge is 0.255 e. The van der Waals surface area contributed by atoms with Crippen molar-refractivity contribution < 1.29 is 38.1 Å². The third kappa shape index (κ3) is 10.1. The minimum Gasteiger partial charge on any atom is -0.382 e. The summed E-state index contributed by atoms with van der Waals surface area (Å²) in [5.41, 5.74) is 7.59. The molecular formula is C25H39ClN4O8. The van der Waals surface area contributed by atoms with Crippen LogP contribution in [0.1, 0.15) is 28.8 Å². The number of fused-ring (bicyclic) bond motifs is 1. The van der Waals surface area contributed by atoms with E-state index in [1.165, 1.54) is 0 Å². The molecule has 0 saturated carbocycles. The molecule has 3 rings (SSSR count). The number of nitrogens with two attached hydrogens (primary N) is 1. The quantitative estimate of drug-likeness (QED) is 0.160. The van der Waals surface area contributed by atoms with E-state index in [4.69, 9.17) is 29.4 Å². The van der Waals surface area contributed by atoms with Crippen molar-refractivity contribution in [3.8, 4) is 0 Å². The van der Waals surface area contributed by atoms with Crippen molar-refractivity contribution in [1.82, 2.24) is 10.2 Å². The van der Waals surface area contributed by atoms with Crippen molar-refractivity contribution in [3.63, 3.8) is 0 Å². The highest BCUT2D eigenvalue weighted by Gasteiger charge is 2.39. The third-order valence-corrected chi connectivity index (χ3v) is 5.89. The molecule has 2 heterocycles. The van der Waals surface area contributed by atoms with Crippen LogP contribution < -0.4 is 16.4 Å². The molecule has 0 radical (unpaired) electrons. The number of anilines is 1. The molecule has 12 nitrogen and oxygen atoms in total. The molecular weight excluding hydrogens is 520 g/mol. The molecule has 1 atom stereocenters. The maximum Gasteiger partial charge on any atom is 0.255 e. The molecule has 0 aliphatic carbocycles. The number of halogens is 1. The number of carbonyl (C=O) groups is 3. The van der Waals surface area contributed by atoms with Gasteiger partial charge in [-0.3, -0.25) is 19.7 Å². The van der Waals surface area contributed by atoms with Crippen molar-refractivity contribution in [3.05, 3.63) is 29.3 Å². The van der Waals surface area contributed by atoms with Gasteiger partial charge in [0.25, 0.3) is 5.91 Å². The number of ether oxygens (including phenoxy) is 5. The third-order valence-electron chi connectivity index (χ3n) is 5.89. The van der Waals surface area contributed by atoms with Gasteiger partial charge in [0.2, 0.25) is 11.8 Å². The highest BCUT2D eigenvalue weighted by Crippen LogP contribution is 2.32. The van der Waals surface area contributed by atoms with Crippen molar-refractivity contribution >= 4 is 35.8 Å². The lowest BCUT2D eigenvalue weighted by Crippen LogP contribution is -2.52. The van der Waals surface area contributed by atoms with E-state index in [1.807, 2.05) is 12.1 Å². The summed E-state index contributed by atoms with van der Waals surface area (Å²) in [5.74, 6) is -0.900. The van der Waals surface area contributed by atoms with E-state index in [0.29, 0.717) is 97.7 Å². The summed E-state index contributed by atoms with van der Waals surface area (Å²) in [5, 5.41) is 5.63.